The second kappa shape index (κ2) is 5.85. The molecule has 0 radical (unpaired) electrons. The second-order valence-corrected chi connectivity index (χ2v) is 5.11. The van der Waals surface area contributed by atoms with Crippen molar-refractivity contribution in [2.24, 2.45) is 5.10 Å². The molecule has 6 heteroatoms. The Morgan fingerprint density at radius 2 is 1.90 bits per heavy atom. The predicted molar refractivity (Wildman–Crippen MR) is 74.4 cm³/mol. The standard InChI is InChI=1S/C14H14N4O2/c1-14(2,3)11-5-4-9(13(19)20)6-12(11)18-17-10(7-15)8-16/h4-6,18H,1-3H3,(H,19,20). The summed E-state index contributed by atoms with van der Waals surface area (Å²) in [6.07, 6.45) is 0. The van der Waals surface area contributed by atoms with Gasteiger partial charge < -0.3 is 5.11 Å². The molecule has 1 rings (SSSR count). The van der Waals surface area contributed by atoms with E-state index < -0.39 is 5.97 Å². The zero-order chi connectivity index (χ0) is 15.3. The third kappa shape index (κ3) is 3.56. The van der Waals surface area contributed by atoms with E-state index in [1.165, 1.54) is 12.1 Å². The van der Waals surface area contributed by atoms with Gasteiger partial charge in [0.05, 0.1) is 11.3 Å². The highest BCUT2D eigenvalue weighted by atomic mass is 16.4. The van der Waals surface area contributed by atoms with Crippen LogP contribution in [0.5, 0.6) is 0 Å². The van der Waals surface area contributed by atoms with Gasteiger partial charge >= 0.3 is 5.97 Å². The molecular weight excluding hydrogens is 256 g/mol. The van der Waals surface area contributed by atoms with E-state index in [1.54, 1.807) is 18.2 Å². The average Bonchev–Trinajstić information content (AvgIpc) is 2.38. The number of hydrazone groups is 1. The van der Waals surface area contributed by atoms with Crippen molar-refractivity contribution in [3.63, 3.8) is 0 Å². The summed E-state index contributed by atoms with van der Waals surface area (Å²) in [4.78, 5) is 11.0. The molecule has 2 N–H and O–H groups in total. The summed E-state index contributed by atoms with van der Waals surface area (Å²) in [5.41, 5.74) is 3.42. The highest BCUT2D eigenvalue weighted by Crippen LogP contribution is 2.30. The molecule has 0 aliphatic heterocycles. The van der Waals surface area contributed by atoms with Crippen LogP contribution in [0.15, 0.2) is 23.3 Å². The van der Waals surface area contributed by atoms with E-state index in [-0.39, 0.29) is 16.7 Å². The molecule has 0 saturated heterocycles. The van der Waals surface area contributed by atoms with E-state index in [4.69, 9.17) is 15.6 Å². The maximum atomic E-state index is 11.0. The fourth-order valence-corrected chi connectivity index (χ4v) is 1.61. The van der Waals surface area contributed by atoms with Crippen LogP contribution in [0.25, 0.3) is 0 Å². The molecule has 0 amide bonds. The van der Waals surface area contributed by atoms with Gasteiger partial charge in [-0.25, -0.2) is 4.79 Å². The average molecular weight is 270 g/mol. The third-order valence-corrected chi connectivity index (χ3v) is 2.57. The van der Waals surface area contributed by atoms with E-state index >= 15 is 0 Å². The van der Waals surface area contributed by atoms with Crippen LogP contribution in [0.4, 0.5) is 5.69 Å². The van der Waals surface area contributed by atoms with E-state index in [9.17, 15) is 4.79 Å². The molecule has 0 bridgehead atoms. The van der Waals surface area contributed by atoms with Crippen molar-refractivity contribution in [3.8, 4) is 12.1 Å². The number of carboxylic acid groups (broad SMARTS) is 1. The summed E-state index contributed by atoms with van der Waals surface area (Å²) in [7, 11) is 0. The van der Waals surface area contributed by atoms with Crippen LogP contribution in [0.2, 0.25) is 0 Å². The number of nitrogens with zero attached hydrogens (tertiary/aromatic N) is 3. The summed E-state index contributed by atoms with van der Waals surface area (Å²) in [5.74, 6) is -1.06. The number of carbonyl (C=O) groups is 1. The molecule has 20 heavy (non-hydrogen) atoms. The van der Waals surface area contributed by atoms with Crippen molar-refractivity contribution in [1.82, 2.24) is 0 Å². The molecule has 0 unspecified atom stereocenters. The largest absolute Gasteiger partial charge is 0.478 e. The van der Waals surface area contributed by atoms with Gasteiger partial charge in [0.2, 0.25) is 5.71 Å². The molecule has 0 aliphatic rings. The number of hydrogen-bond donors (Lipinski definition) is 2. The topological polar surface area (TPSA) is 109 Å². The lowest BCUT2D eigenvalue weighted by Gasteiger charge is -2.22. The van der Waals surface area contributed by atoms with Gasteiger partial charge in [0.25, 0.3) is 0 Å². The van der Waals surface area contributed by atoms with Gasteiger partial charge in [-0.1, -0.05) is 26.8 Å². The summed E-state index contributed by atoms with van der Waals surface area (Å²) in [5, 5.41) is 29.9. The first-order valence-corrected chi connectivity index (χ1v) is 5.81. The number of benzene rings is 1. The molecule has 1 aromatic rings. The van der Waals surface area contributed by atoms with Crippen molar-refractivity contribution >= 4 is 17.4 Å². The van der Waals surface area contributed by atoms with Gasteiger partial charge in [-0.2, -0.15) is 15.6 Å². The van der Waals surface area contributed by atoms with Gasteiger partial charge in [0.15, 0.2) is 0 Å². The monoisotopic (exact) mass is 270 g/mol. The molecule has 0 atom stereocenters. The smallest absolute Gasteiger partial charge is 0.335 e. The summed E-state index contributed by atoms with van der Waals surface area (Å²) in [6, 6.07) is 7.89. The van der Waals surface area contributed by atoms with E-state index in [1.807, 2.05) is 20.8 Å². The van der Waals surface area contributed by atoms with Gasteiger partial charge in [-0.15, -0.1) is 0 Å². The molecule has 0 fully saturated rings. The Labute approximate surface area is 117 Å². The fraction of sp³-hybridized carbons (Fsp3) is 0.286. The number of nitrogens with one attached hydrogen (secondary N) is 1. The van der Waals surface area contributed by atoms with Gasteiger partial charge in [-0.3, -0.25) is 5.43 Å². The lowest BCUT2D eigenvalue weighted by molar-refractivity contribution is 0.0697. The Bertz CT molecular complexity index is 627. The van der Waals surface area contributed by atoms with Gasteiger partial charge in [0, 0.05) is 0 Å². The third-order valence-electron chi connectivity index (χ3n) is 2.57. The van der Waals surface area contributed by atoms with Crippen LogP contribution in [0.1, 0.15) is 36.7 Å². The van der Waals surface area contributed by atoms with Gasteiger partial charge in [-0.05, 0) is 23.1 Å². The van der Waals surface area contributed by atoms with Crippen molar-refractivity contribution in [2.75, 3.05) is 5.43 Å². The Hall–Kier alpha value is -2.86. The normalized spacial score (nSPS) is 10.1. The number of carboxylic acids is 1. The van der Waals surface area contributed by atoms with Crippen LogP contribution in [0.3, 0.4) is 0 Å². The maximum absolute atomic E-state index is 11.0. The minimum atomic E-state index is -1.06. The van der Waals surface area contributed by atoms with Crippen molar-refractivity contribution in [2.45, 2.75) is 26.2 Å². The van der Waals surface area contributed by atoms with E-state index in [2.05, 4.69) is 10.5 Å². The molecular formula is C14H14N4O2. The van der Waals surface area contributed by atoms with Crippen molar-refractivity contribution in [1.29, 1.82) is 10.5 Å². The minimum absolute atomic E-state index is 0.103. The summed E-state index contributed by atoms with van der Waals surface area (Å²) in [6.45, 7) is 5.90. The molecule has 1 aromatic carbocycles. The maximum Gasteiger partial charge on any atom is 0.335 e. The van der Waals surface area contributed by atoms with E-state index in [0.29, 0.717) is 5.69 Å². The number of hydrogen-bond acceptors (Lipinski definition) is 5. The number of anilines is 1. The molecule has 0 aromatic heterocycles. The molecule has 6 nitrogen and oxygen atoms in total. The Balaban J connectivity index is 3.31. The predicted octanol–water partition coefficient (Wildman–Crippen LogP) is 2.50. The van der Waals surface area contributed by atoms with Crippen LogP contribution in [-0.4, -0.2) is 16.8 Å². The number of aromatic carboxylic acids is 1. The first kappa shape index (κ1) is 15.2. The number of rotatable bonds is 3. The Kier molecular flexibility index (Phi) is 4.45. The quantitative estimate of drug-likeness (QED) is 0.647. The minimum Gasteiger partial charge on any atom is -0.478 e. The van der Waals surface area contributed by atoms with Gasteiger partial charge in [0.1, 0.15) is 12.1 Å². The second-order valence-electron chi connectivity index (χ2n) is 5.11. The van der Waals surface area contributed by atoms with Crippen molar-refractivity contribution < 1.29 is 9.90 Å². The van der Waals surface area contributed by atoms with Crippen LogP contribution < -0.4 is 5.43 Å². The van der Waals surface area contributed by atoms with Crippen LogP contribution in [-0.2, 0) is 5.41 Å². The highest BCUT2D eigenvalue weighted by molar-refractivity contribution is 6.10. The van der Waals surface area contributed by atoms with Crippen LogP contribution >= 0.6 is 0 Å². The molecule has 0 spiro atoms. The molecule has 0 saturated carbocycles. The number of nitriles is 2. The summed E-state index contributed by atoms with van der Waals surface area (Å²) < 4.78 is 0. The zero-order valence-electron chi connectivity index (χ0n) is 11.4. The lowest BCUT2D eigenvalue weighted by atomic mass is 9.85. The zero-order valence-corrected chi connectivity index (χ0v) is 11.4. The highest BCUT2D eigenvalue weighted by Gasteiger charge is 2.19. The SMILES string of the molecule is CC(C)(C)c1ccc(C(=O)O)cc1NN=C(C#N)C#N. The first-order chi connectivity index (χ1) is 9.29. The lowest BCUT2D eigenvalue weighted by Crippen LogP contribution is -2.15. The fourth-order valence-electron chi connectivity index (χ4n) is 1.61. The Morgan fingerprint density at radius 1 is 1.30 bits per heavy atom. The van der Waals surface area contributed by atoms with E-state index in [0.717, 1.165) is 5.56 Å². The molecule has 102 valence electrons. The summed E-state index contributed by atoms with van der Waals surface area (Å²) >= 11 is 0. The Morgan fingerprint density at radius 3 is 2.35 bits per heavy atom. The molecule has 0 heterocycles. The first-order valence-electron chi connectivity index (χ1n) is 5.81. The van der Waals surface area contributed by atoms with Crippen molar-refractivity contribution in [3.05, 3.63) is 29.3 Å². The molecule has 0 aliphatic carbocycles. The van der Waals surface area contributed by atoms with Crippen LogP contribution in [0, 0.1) is 22.7 Å².